The minimum absolute atomic E-state index is 0.120. The van der Waals surface area contributed by atoms with E-state index in [4.69, 9.17) is 11.6 Å². The van der Waals surface area contributed by atoms with Crippen molar-refractivity contribution in [3.05, 3.63) is 79.7 Å². The number of hydrogen-bond donors (Lipinski definition) is 2. The van der Waals surface area contributed by atoms with E-state index < -0.39 is 11.2 Å². The summed E-state index contributed by atoms with van der Waals surface area (Å²) in [5.41, 5.74) is 2.23. The van der Waals surface area contributed by atoms with Gasteiger partial charge in [-0.2, -0.15) is 4.98 Å². The maximum atomic E-state index is 13.3. The molecule has 32 heavy (non-hydrogen) atoms. The Labute approximate surface area is 188 Å². The van der Waals surface area contributed by atoms with Crippen LogP contribution in [0.15, 0.2) is 52.3 Å². The van der Waals surface area contributed by atoms with Gasteiger partial charge in [0.15, 0.2) is 11.2 Å². The van der Waals surface area contributed by atoms with Crippen molar-refractivity contribution in [3.63, 3.8) is 0 Å². The Balaban J connectivity index is 1.93. The summed E-state index contributed by atoms with van der Waals surface area (Å²) in [7, 11) is 1.58. The minimum Gasteiger partial charge on any atom is -0.396 e. The van der Waals surface area contributed by atoms with Gasteiger partial charge in [-0.3, -0.25) is 23.5 Å². The van der Waals surface area contributed by atoms with Crippen LogP contribution in [0, 0.1) is 6.92 Å². The molecule has 2 N–H and O–H groups in total. The Bertz CT molecular complexity index is 1390. The van der Waals surface area contributed by atoms with Crippen LogP contribution in [0.4, 0.5) is 11.6 Å². The van der Waals surface area contributed by atoms with E-state index in [1.54, 1.807) is 36.1 Å². The highest BCUT2D eigenvalue weighted by Crippen LogP contribution is 2.22. The summed E-state index contributed by atoms with van der Waals surface area (Å²) in [6.07, 6.45) is 3.70. The molecule has 0 bridgehead atoms. The summed E-state index contributed by atoms with van der Waals surface area (Å²) in [6, 6.07) is 9.22. The summed E-state index contributed by atoms with van der Waals surface area (Å²) >= 11 is 6.02. The van der Waals surface area contributed by atoms with Gasteiger partial charge in [0.1, 0.15) is 0 Å². The maximum absolute atomic E-state index is 13.3. The van der Waals surface area contributed by atoms with Crippen molar-refractivity contribution in [1.82, 2.24) is 23.7 Å². The topological polar surface area (TPSA) is 107 Å². The van der Waals surface area contributed by atoms with Gasteiger partial charge in [-0.25, -0.2) is 4.79 Å². The van der Waals surface area contributed by atoms with Crippen LogP contribution in [0.3, 0.4) is 0 Å². The lowest BCUT2D eigenvalue weighted by Crippen LogP contribution is -2.39. The molecule has 0 amide bonds. The van der Waals surface area contributed by atoms with Crippen molar-refractivity contribution in [2.75, 3.05) is 11.9 Å². The fraction of sp³-hybridized carbons (Fsp3) is 0.273. The molecule has 9 nitrogen and oxygen atoms in total. The Hall–Kier alpha value is -3.43. The van der Waals surface area contributed by atoms with Crippen LogP contribution in [-0.2, 0) is 20.1 Å². The third kappa shape index (κ3) is 4.17. The number of aliphatic hydroxyl groups excluding tert-OH is 1. The highest BCUT2D eigenvalue weighted by Gasteiger charge is 2.20. The lowest BCUT2D eigenvalue weighted by Gasteiger charge is -2.12. The molecule has 3 heterocycles. The summed E-state index contributed by atoms with van der Waals surface area (Å²) < 4.78 is 4.24. The first-order chi connectivity index (χ1) is 15.4. The molecule has 0 atom stereocenters. The lowest BCUT2D eigenvalue weighted by molar-refractivity contribution is 0.277. The molecule has 0 aliphatic rings. The normalized spacial score (nSPS) is 11.2. The zero-order valence-corrected chi connectivity index (χ0v) is 18.5. The average molecular weight is 455 g/mol. The molecular formula is C22H23ClN6O3. The Morgan fingerprint density at radius 1 is 1.12 bits per heavy atom. The number of pyridine rings is 1. The maximum Gasteiger partial charge on any atom is 0.332 e. The molecule has 4 aromatic rings. The Morgan fingerprint density at radius 3 is 2.56 bits per heavy atom. The zero-order valence-electron chi connectivity index (χ0n) is 17.7. The van der Waals surface area contributed by atoms with Gasteiger partial charge in [-0.15, -0.1) is 0 Å². The molecule has 166 valence electrons. The number of aliphatic hydroxyl groups is 1. The van der Waals surface area contributed by atoms with Crippen LogP contribution in [0.25, 0.3) is 11.2 Å². The van der Waals surface area contributed by atoms with E-state index in [2.05, 4.69) is 15.3 Å². The molecule has 0 aliphatic heterocycles. The van der Waals surface area contributed by atoms with Gasteiger partial charge in [0, 0.05) is 31.4 Å². The fourth-order valence-electron chi connectivity index (χ4n) is 3.57. The number of aromatic nitrogens is 5. The first-order valence-electron chi connectivity index (χ1n) is 10.1. The first-order valence-corrected chi connectivity index (χ1v) is 10.5. The van der Waals surface area contributed by atoms with E-state index in [9.17, 15) is 14.7 Å². The van der Waals surface area contributed by atoms with Crippen LogP contribution in [0.1, 0.15) is 17.5 Å². The van der Waals surface area contributed by atoms with E-state index in [0.717, 1.165) is 15.7 Å². The van der Waals surface area contributed by atoms with Crippen molar-refractivity contribution < 1.29 is 5.11 Å². The number of hydrogen-bond acceptors (Lipinski definition) is 6. The molecule has 0 aliphatic carbocycles. The van der Waals surface area contributed by atoms with Gasteiger partial charge in [0.25, 0.3) is 5.56 Å². The van der Waals surface area contributed by atoms with E-state index in [1.807, 2.05) is 25.1 Å². The van der Waals surface area contributed by atoms with Crippen LogP contribution in [0.2, 0.25) is 5.02 Å². The molecule has 0 fully saturated rings. The second kappa shape index (κ2) is 8.97. The van der Waals surface area contributed by atoms with E-state index in [0.29, 0.717) is 35.1 Å². The fourth-order valence-corrected chi connectivity index (χ4v) is 3.70. The number of imidazole rings is 1. The second-order valence-corrected chi connectivity index (χ2v) is 8.01. The van der Waals surface area contributed by atoms with Crippen LogP contribution < -0.4 is 16.6 Å². The molecule has 0 spiro atoms. The standard InChI is InChI=1S/C22H23ClN6O3/c1-14-10-17(12-24-11-14)25-21-26-19-18(29(21)13-15-4-6-16(23)7-5-15)20(31)28(8-3-9-30)22(32)27(19)2/h4-7,10-12,30H,3,8-9,13H2,1-2H3,(H,25,26). The molecule has 10 heteroatoms. The van der Waals surface area contributed by atoms with Gasteiger partial charge < -0.3 is 10.4 Å². The molecular weight excluding hydrogens is 432 g/mol. The first kappa shape index (κ1) is 21.8. The van der Waals surface area contributed by atoms with Gasteiger partial charge in [-0.05, 0) is 42.7 Å². The highest BCUT2D eigenvalue weighted by molar-refractivity contribution is 6.30. The number of rotatable bonds is 7. The smallest absolute Gasteiger partial charge is 0.332 e. The van der Waals surface area contributed by atoms with Crippen molar-refractivity contribution in [2.24, 2.45) is 7.05 Å². The van der Waals surface area contributed by atoms with Crippen molar-refractivity contribution in [2.45, 2.75) is 26.4 Å². The zero-order chi connectivity index (χ0) is 22.8. The third-order valence-corrected chi connectivity index (χ3v) is 5.41. The predicted octanol–water partition coefficient (Wildman–Crippen LogP) is 2.43. The molecule has 3 aromatic heterocycles. The largest absolute Gasteiger partial charge is 0.396 e. The molecule has 0 radical (unpaired) electrons. The molecule has 0 saturated heterocycles. The Morgan fingerprint density at radius 2 is 1.88 bits per heavy atom. The van der Waals surface area contributed by atoms with Crippen LogP contribution in [0.5, 0.6) is 0 Å². The summed E-state index contributed by atoms with van der Waals surface area (Å²) in [5, 5.41) is 13.0. The number of aryl methyl sites for hydroxylation is 2. The SMILES string of the molecule is Cc1cncc(Nc2nc3c(c(=O)n(CCCO)c(=O)n3C)n2Cc2ccc(Cl)cc2)c1. The quantitative estimate of drug-likeness (QED) is 0.444. The molecule has 0 saturated carbocycles. The average Bonchev–Trinajstić information content (AvgIpc) is 3.12. The van der Waals surface area contributed by atoms with Gasteiger partial charge in [0.05, 0.1) is 18.4 Å². The minimum atomic E-state index is -0.476. The van der Waals surface area contributed by atoms with Crippen LogP contribution in [-0.4, -0.2) is 35.4 Å². The van der Waals surface area contributed by atoms with Crippen molar-refractivity contribution in [1.29, 1.82) is 0 Å². The van der Waals surface area contributed by atoms with Crippen molar-refractivity contribution >= 4 is 34.4 Å². The van der Waals surface area contributed by atoms with Gasteiger partial charge in [-0.1, -0.05) is 23.7 Å². The van der Waals surface area contributed by atoms with Gasteiger partial charge in [0.2, 0.25) is 5.95 Å². The number of halogens is 1. The predicted molar refractivity (Wildman–Crippen MR) is 124 cm³/mol. The number of benzene rings is 1. The summed E-state index contributed by atoms with van der Waals surface area (Å²) in [4.78, 5) is 34.9. The molecule has 4 rings (SSSR count). The number of nitrogens with zero attached hydrogens (tertiary/aromatic N) is 5. The molecule has 1 aromatic carbocycles. The summed E-state index contributed by atoms with van der Waals surface area (Å²) in [5.74, 6) is 0.411. The van der Waals surface area contributed by atoms with Crippen molar-refractivity contribution in [3.8, 4) is 0 Å². The van der Waals surface area contributed by atoms with E-state index >= 15 is 0 Å². The molecule has 0 unspecified atom stereocenters. The number of nitrogens with one attached hydrogen (secondary N) is 1. The van der Waals surface area contributed by atoms with E-state index in [1.165, 1.54) is 4.57 Å². The number of fused-ring (bicyclic) bond motifs is 1. The lowest BCUT2D eigenvalue weighted by atomic mass is 10.2. The second-order valence-electron chi connectivity index (χ2n) is 7.57. The summed E-state index contributed by atoms with van der Waals surface area (Å²) in [6.45, 7) is 2.26. The van der Waals surface area contributed by atoms with Crippen LogP contribution >= 0.6 is 11.6 Å². The third-order valence-electron chi connectivity index (χ3n) is 5.16. The van der Waals surface area contributed by atoms with Gasteiger partial charge >= 0.3 is 5.69 Å². The van der Waals surface area contributed by atoms with E-state index in [-0.39, 0.29) is 18.8 Å². The highest BCUT2D eigenvalue weighted by atomic mass is 35.5. The number of anilines is 2. The monoisotopic (exact) mass is 454 g/mol. The Kier molecular flexibility index (Phi) is 6.11.